The van der Waals surface area contributed by atoms with Crippen molar-refractivity contribution in [2.45, 2.75) is 37.8 Å². The summed E-state index contributed by atoms with van der Waals surface area (Å²) in [6, 6.07) is 11.7. The van der Waals surface area contributed by atoms with Crippen LogP contribution in [0.3, 0.4) is 0 Å². The van der Waals surface area contributed by atoms with E-state index in [1.54, 1.807) is 19.3 Å². The number of hydrogen-bond donors (Lipinski definition) is 1. The van der Waals surface area contributed by atoms with E-state index in [4.69, 9.17) is 4.74 Å². The molecule has 5 rings (SSSR count). The Balaban J connectivity index is 1.42. The van der Waals surface area contributed by atoms with Crippen LogP contribution in [0.5, 0.6) is 5.88 Å². The lowest BCUT2D eigenvalue weighted by molar-refractivity contribution is 0.191. The first-order valence-corrected chi connectivity index (χ1v) is 13.5. The number of aromatic nitrogens is 5. The maximum Gasteiger partial charge on any atom is 0.267 e. The minimum Gasteiger partial charge on any atom is -0.473 e. The van der Waals surface area contributed by atoms with Crippen molar-refractivity contribution in [2.75, 3.05) is 17.8 Å². The summed E-state index contributed by atoms with van der Waals surface area (Å²) in [5, 5.41) is 3.96. The highest BCUT2D eigenvalue weighted by Crippen LogP contribution is 2.30. The molecule has 1 saturated heterocycles. The van der Waals surface area contributed by atoms with Crippen molar-refractivity contribution < 1.29 is 13.2 Å². The smallest absolute Gasteiger partial charge is 0.267 e. The van der Waals surface area contributed by atoms with Gasteiger partial charge in [-0.25, -0.2) is 18.1 Å². The van der Waals surface area contributed by atoms with Crippen molar-refractivity contribution in [1.82, 2.24) is 29.6 Å². The highest BCUT2D eigenvalue weighted by molar-refractivity contribution is 7.92. The summed E-state index contributed by atoms with van der Waals surface area (Å²) >= 11 is 0. The second kappa shape index (κ2) is 10.3. The molecule has 0 radical (unpaired) electrons. The third kappa shape index (κ3) is 5.78. The molecule has 1 aliphatic rings. The lowest BCUT2D eigenvalue weighted by atomic mass is 10.00. The fourth-order valence-corrected chi connectivity index (χ4v) is 5.48. The monoisotopic (exact) mass is 519 g/mol. The van der Waals surface area contributed by atoms with Gasteiger partial charge in [0.25, 0.3) is 10.0 Å². The normalized spacial score (nSPS) is 16.1. The second-order valence-corrected chi connectivity index (χ2v) is 10.9. The van der Waals surface area contributed by atoms with Gasteiger partial charge in [-0.1, -0.05) is 24.3 Å². The Hall–Kier alpha value is -3.83. The van der Waals surface area contributed by atoms with Crippen LogP contribution in [0.1, 0.15) is 23.1 Å². The Kier molecular flexibility index (Phi) is 6.90. The topological polar surface area (TPSA) is 115 Å². The van der Waals surface area contributed by atoms with Gasteiger partial charge < -0.3 is 4.74 Å². The molecule has 4 heterocycles. The Morgan fingerprint density at radius 2 is 1.92 bits per heavy atom. The molecule has 1 fully saturated rings. The quantitative estimate of drug-likeness (QED) is 0.377. The zero-order chi connectivity index (χ0) is 26.0. The number of pyridine rings is 1. The molecule has 3 aromatic heterocycles. The molecule has 37 heavy (non-hydrogen) atoms. The number of ether oxygens (including phenoxy) is 1. The third-order valence-corrected chi connectivity index (χ3v) is 7.59. The van der Waals surface area contributed by atoms with E-state index >= 15 is 0 Å². The van der Waals surface area contributed by atoms with Crippen molar-refractivity contribution in [3.63, 3.8) is 0 Å². The fraction of sp³-hybridized carbons (Fsp3) is 0.308. The summed E-state index contributed by atoms with van der Waals surface area (Å²) in [5.74, 6) is 0.272. The van der Waals surface area contributed by atoms with E-state index in [1.807, 2.05) is 44.3 Å². The fourth-order valence-electron chi connectivity index (χ4n) is 4.55. The van der Waals surface area contributed by atoms with Crippen molar-refractivity contribution in [3.8, 4) is 17.1 Å². The minimum absolute atomic E-state index is 0.0281. The third-order valence-electron chi connectivity index (χ3n) is 6.30. The first kappa shape index (κ1) is 24.8. The van der Waals surface area contributed by atoms with Crippen LogP contribution in [0.2, 0.25) is 0 Å². The number of hydrogen-bond acceptors (Lipinski definition) is 8. The standard InChI is InChI=1S/C26H29N7O3S/c1-18-6-4-7-19(2)25(18)23-12-24(30-26(29-23)31-37(34,35)22-14-28-32(3)17-22)36-21-9-11-33(16-21)15-20-8-5-10-27-13-20/h4-8,10,12-14,17,21H,9,11,15-16H2,1-3H3,(H,29,30,31). The molecular formula is C26H29N7O3S. The minimum atomic E-state index is -3.93. The van der Waals surface area contributed by atoms with Crippen molar-refractivity contribution in [3.05, 3.63) is 77.9 Å². The van der Waals surface area contributed by atoms with Crippen molar-refractivity contribution in [1.29, 1.82) is 0 Å². The summed E-state index contributed by atoms with van der Waals surface area (Å²) in [7, 11) is -2.27. The molecule has 0 bridgehead atoms. The summed E-state index contributed by atoms with van der Waals surface area (Å²) in [4.78, 5) is 15.5. The highest BCUT2D eigenvalue weighted by Gasteiger charge is 2.26. The molecule has 11 heteroatoms. The molecule has 0 amide bonds. The van der Waals surface area contributed by atoms with E-state index in [-0.39, 0.29) is 16.9 Å². The van der Waals surface area contributed by atoms with Gasteiger partial charge in [-0.15, -0.1) is 0 Å². The molecule has 0 aliphatic carbocycles. The van der Waals surface area contributed by atoms with E-state index in [2.05, 4.69) is 35.7 Å². The van der Waals surface area contributed by atoms with Crippen molar-refractivity contribution in [2.24, 2.45) is 7.05 Å². The van der Waals surface area contributed by atoms with Gasteiger partial charge >= 0.3 is 0 Å². The second-order valence-electron chi connectivity index (χ2n) is 9.26. The van der Waals surface area contributed by atoms with Crippen LogP contribution in [0.15, 0.2) is 66.1 Å². The Bertz CT molecular complexity index is 1490. The number of benzene rings is 1. The Morgan fingerprint density at radius 1 is 1.11 bits per heavy atom. The maximum absolute atomic E-state index is 13.0. The van der Waals surface area contributed by atoms with Crippen LogP contribution in [-0.2, 0) is 23.6 Å². The number of rotatable bonds is 8. The molecular weight excluding hydrogens is 490 g/mol. The van der Waals surface area contributed by atoms with E-state index in [1.165, 1.54) is 17.1 Å². The molecule has 10 nitrogen and oxygen atoms in total. The number of nitrogens with zero attached hydrogens (tertiary/aromatic N) is 6. The van der Waals surface area contributed by atoms with Crippen LogP contribution in [0.25, 0.3) is 11.3 Å². The van der Waals surface area contributed by atoms with Gasteiger partial charge in [0.2, 0.25) is 11.8 Å². The van der Waals surface area contributed by atoms with Crippen LogP contribution < -0.4 is 9.46 Å². The summed E-state index contributed by atoms with van der Waals surface area (Å²) in [5.41, 5.74) is 4.70. The molecule has 1 unspecified atom stereocenters. The van der Waals surface area contributed by atoms with Crippen LogP contribution in [0, 0.1) is 13.8 Å². The van der Waals surface area contributed by atoms with Crippen LogP contribution in [-0.4, -0.2) is 57.2 Å². The number of sulfonamides is 1. The molecule has 1 N–H and O–H groups in total. The predicted octanol–water partition coefficient (Wildman–Crippen LogP) is 3.34. The van der Waals surface area contributed by atoms with Crippen LogP contribution >= 0.6 is 0 Å². The SMILES string of the molecule is Cc1cccc(C)c1-c1cc(OC2CCN(Cc3cccnc3)C2)nc(NS(=O)(=O)c2cnn(C)c2)n1. The summed E-state index contributed by atoms with van der Waals surface area (Å²) in [6.45, 7) is 6.40. The van der Waals surface area contributed by atoms with E-state index in [9.17, 15) is 8.42 Å². The zero-order valence-electron chi connectivity index (χ0n) is 21.0. The largest absolute Gasteiger partial charge is 0.473 e. The first-order valence-electron chi connectivity index (χ1n) is 12.0. The maximum atomic E-state index is 13.0. The lowest BCUT2D eigenvalue weighted by Gasteiger charge is -2.18. The van der Waals surface area contributed by atoms with Gasteiger partial charge in [0, 0.05) is 56.9 Å². The molecule has 192 valence electrons. The van der Waals surface area contributed by atoms with Crippen molar-refractivity contribution >= 4 is 16.0 Å². The average molecular weight is 520 g/mol. The molecule has 0 saturated carbocycles. The number of aryl methyl sites for hydroxylation is 3. The van der Waals surface area contributed by atoms with E-state index in [0.29, 0.717) is 11.6 Å². The lowest BCUT2D eigenvalue weighted by Crippen LogP contribution is -2.25. The van der Waals surface area contributed by atoms with E-state index < -0.39 is 10.0 Å². The number of nitrogens with one attached hydrogen (secondary N) is 1. The molecule has 0 spiro atoms. The van der Waals surface area contributed by atoms with Gasteiger partial charge in [0.1, 0.15) is 11.0 Å². The highest BCUT2D eigenvalue weighted by atomic mass is 32.2. The summed E-state index contributed by atoms with van der Waals surface area (Å²) in [6.07, 6.45) is 7.09. The molecule has 1 atom stereocenters. The van der Waals surface area contributed by atoms with Gasteiger partial charge in [-0.05, 0) is 43.0 Å². The van der Waals surface area contributed by atoms with Gasteiger partial charge in [-0.2, -0.15) is 10.1 Å². The predicted molar refractivity (Wildman–Crippen MR) is 140 cm³/mol. The molecule has 1 aromatic carbocycles. The molecule has 4 aromatic rings. The van der Waals surface area contributed by atoms with Gasteiger partial charge in [-0.3, -0.25) is 14.6 Å². The average Bonchev–Trinajstić information content (AvgIpc) is 3.48. The summed E-state index contributed by atoms with van der Waals surface area (Å²) < 4.78 is 36.2. The van der Waals surface area contributed by atoms with Gasteiger partial charge in [0.05, 0.1) is 11.9 Å². The van der Waals surface area contributed by atoms with Crippen LogP contribution in [0.4, 0.5) is 5.95 Å². The number of anilines is 1. The van der Waals surface area contributed by atoms with E-state index in [0.717, 1.165) is 48.3 Å². The zero-order valence-corrected chi connectivity index (χ0v) is 21.8. The Labute approximate surface area is 216 Å². The molecule has 1 aliphatic heterocycles. The number of likely N-dealkylation sites (tertiary alicyclic amines) is 1. The van der Waals surface area contributed by atoms with Gasteiger partial charge in [0.15, 0.2) is 0 Å². The Morgan fingerprint density at radius 3 is 2.62 bits per heavy atom. The first-order chi connectivity index (χ1) is 17.8.